The molecular weight excluding hydrogens is 457 g/mol. The van der Waals surface area contributed by atoms with Crippen molar-refractivity contribution in [1.82, 2.24) is 10.6 Å². The Bertz CT molecular complexity index is 592. The molecule has 1 aliphatic rings. The van der Waals surface area contributed by atoms with Crippen LogP contribution in [0.15, 0.2) is 23.2 Å². The largest absolute Gasteiger partial charge is 0.497 e. The molecule has 7 heteroatoms. The van der Waals surface area contributed by atoms with Crippen LogP contribution < -0.4 is 20.1 Å². The Morgan fingerprint density at radius 3 is 2.48 bits per heavy atom. The highest BCUT2D eigenvalue weighted by molar-refractivity contribution is 14.0. The molecule has 2 rings (SSSR count). The molecule has 0 saturated heterocycles. The molecule has 0 aliphatic heterocycles. The van der Waals surface area contributed by atoms with Crippen LogP contribution in [0.4, 0.5) is 0 Å². The maximum absolute atomic E-state index is 5.44. The molecule has 1 saturated carbocycles. The average Bonchev–Trinajstić information content (AvgIpc) is 2.65. The molecule has 0 bridgehead atoms. The van der Waals surface area contributed by atoms with Crippen molar-refractivity contribution in [3.05, 3.63) is 23.8 Å². The third-order valence-corrected chi connectivity index (χ3v) is 5.28. The molecule has 27 heavy (non-hydrogen) atoms. The Kier molecular flexibility index (Phi) is 10.8. The monoisotopic (exact) mass is 491 g/mol. The third kappa shape index (κ3) is 7.03. The Hall–Kier alpha value is -1.22. The second-order valence-electron chi connectivity index (χ2n) is 6.88. The van der Waals surface area contributed by atoms with E-state index in [2.05, 4.69) is 15.6 Å². The fraction of sp³-hybridized carbons (Fsp3) is 0.650. The van der Waals surface area contributed by atoms with Gasteiger partial charge in [-0.1, -0.05) is 6.42 Å². The molecular formula is C20H34IN3O3. The van der Waals surface area contributed by atoms with Crippen molar-refractivity contribution in [2.24, 2.45) is 10.4 Å². The van der Waals surface area contributed by atoms with Crippen molar-refractivity contribution >= 4 is 29.9 Å². The first-order valence-electron chi connectivity index (χ1n) is 9.31. The molecule has 1 aromatic rings. The molecule has 0 heterocycles. The van der Waals surface area contributed by atoms with E-state index in [0.29, 0.717) is 5.41 Å². The maximum Gasteiger partial charge on any atom is 0.191 e. The number of hydrogen-bond acceptors (Lipinski definition) is 4. The molecule has 0 aromatic heterocycles. The summed E-state index contributed by atoms with van der Waals surface area (Å²) in [6.07, 6.45) is 5.78. The number of aliphatic imine (C=N–C) groups is 1. The lowest BCUT2D eigenvalue weighted by Gasteiger charge is -2.42. The van der Waals surface area contributed by atoms with E-state index in [9.17, 15) is 0 Å². The summed E-state index contributed by atoms with van der Waals surface area (Å²) >= 11 is 0. The summed E-state index contributed by atoms with van der Waals surface area (Å²) in [6.45, 7) is 2.54. The van der Waals surface area contributed by atoms with E-state index in [1.54, 1.807) is 21.3 Å². The van der Waals surface area contributed by atoms with Gasteiger partial charge < -0.3 is 24.8 Å². The molecule has 1 fully saturated rings. The molecule has 0 spiro atoms. The zero-order valence-corrected chi connectivity index (χ0v) is 19.3. The topological polar surface area (TPSA) is 64.1 Å². The van der Waals surface area contributed by atoms with Crippen molar-refractivity contribution < 1.29 is 14.2 Å². The van der Waals surface area contributed by atoms with Crippen LogP contribution in [-0.2, 0) is 11.2 Å². The molecule has 154 valence electrons. The smallest absolute Gasteiger partial charge is 0.191 e. The predicted molar refractivity (Wildman–Crippen MR) is 121 cm³/mol. The van der Waals surface area contributed by atoms with Crippen molar-refractivity contribution in [3.8, 4) is 11.5 Å². The number of benzene rings is 1. The lowest BCUT2D eigenvalue weighted by Crippen LogP contribution is -2.47. The number of nitrogens with zero attached hydrogens (tertiary/aromatic N) is 1. The fourth-order valence-corrected chi connectivity index (χ4v) is 3.40. The van der Waals surface area contributed by atoms with Crippen molar-refractivity contribution in [3.63, 3.8) is 0 Å². The quantitative estimate of drug-likeness (QED) is 0.299. The fourth-order valence-electron chi connectivity index (χ4n) is 3.40. The van der Waals surface area contributed by atoms with E-state index in [-0.39, 0.29) is 24.0 Å². The van der Waals surface area contributed by atoms with Crippen LogP contribution in [0, 0.1) is 5.41 Å². The second-order valence-corrected chi connectivity index (χ2v) is 6.88. The standard InChI is InChI=1S/C20H33N3O3.HI/c1-21-19(23-15-20(9-5-10-20)11-13-24-2)22-12-8-16-14-17(25-3)6-7-18(16)26-4;/h6-7,14H,5,8-13,15H2,1-4H3,(H2,21,22,23);1H. The van der Waals surface area contributed by atoms with Gasteiger partial charge in [-0.15, -0.1) is 24.0 Å². The number of guanidine groups is 1. The zero-order chi connectivity index (χ0) is 18.8. The van der Waals surface area contributed by atoms with Gasteiger partial charge in [0.25, 0.3) is 0 Å². The Labute approximate surface area is 180 Å². The summed E-state index contributed by atoms with van der Waals surface area (Å²) in [5, 5.41) is 6.88. The van der Waals surface area contributed by atoms with E-state index in [1.807, 2.05) is 25.2 Å². The van der Waals surface area contributed by atoms with E-state index in [0.717, 1.165) is 55.6 Å². The van der Waals surface area contributed by atoms with Crippen LogP contribution in [0.5, 0.6) is 11.5 Å². The Morgan fingerprint density at radius 2 is 1.93 bits per heavy atom. The number of nitrogens with one attached hydrogen (secondary N) is 2. The Balaban J connectivity index is 0.00000364. The van der Waals surface area contributed by atoms with Gasteiger partial charge in [0.1, 0.15) is 11.5 Å². The van der Waals surface area contributed by atoms with Crippen molar-refractivity contribution in [1.29, 1.82) is 0 Å². The molecule has 0 atom stereocenters. The SMILES string of the molecule is CN=C(NCCc1cc(OC)ccc1OC)NCC1(CCOC)CCC1.I. The van der Waals surface area contributed by atoms with Crippen LogP contribution in [0.1, 0.15) is 31.2 Å². The van der Waals surface area contributed by atoms with Gasteiger partial charge in [0, 0.05) is 33.9 Å². The minimum atomic E-state index is 0. The van der Waals surface area contributed by atoms with Crippen LogP contribution in [-0.4, -0.2) is 54.0 Å². The van der Waals surface area contributed by atoms with Gasteiger partial charge in [-0.05, 0) is 54.9 Å². The molecule has 0 unspecified atom stereocenters. The highest BCUT2D eigenvalue weighted by Gasteiger charge is 2.36. The average molecular weight is 491 g/mol. The number of ether oxygens (including phenoxy) is 3. The summed E-state index contributed by atoms with van der Waals surface area (Å²) in [7, 11) is 6.95. The second kappa shape index (κ2) is 12.3. The van der Waals surface area contributed by atoms with Gasteiger partial charge in [-0.25, -0.2) is 0 Å². The highest BCUT2D eigenvalue weighted by Crippen LogP contribution is 2.43. The molecule has 0 radical (unpaired) electrons. The molecule has 2 N–H and O–H groups in total. The normalized spacial score (nSPS) is 15.3. The maximum atomic E-state index is 5.44. The van der Waals surface area contributed by atoms with E-state index in [4.69, 9.17) is 14.2 Å². The predicted octanol–water partition coefficient (Wildman–Crippen LogP) is 3.24. The van der Waals surface area contributed by atoms with Crippen LogP contribution in [0.25, 0.3) is 0 Å². The molecule has 6 nitrogen and oxygen atoms in total. The number of hydrogen-bond donors (Lipinski definition) is 2. The minimum absolute atomic E-state index is 0. The third-order valence-electron chi connectivity index (χ3n) is 5.28. The van der Waals surface area contributed by atoms with Gasteiger partial charge in [-0.3, -0.25) is 4.99 Å². The Morgan fingerprint density at radius 1 is 1.15 bits per heavy atom. The zero-order valence-electron chi connectivity index (χ0n) is 17.0. The number of rotatable bonds is 10. The lowest BCUT2D eigenvalue weighted by atomic mass is 9.67. The number of halogens is 1. The highest BCUT2D eigenvalue weighted by atomic mass is 127. The summed E-state index contributed by atoms with van der Waals surface area (Å²) in [5.41, 5.74) is 1.48. The minimum Gasteiger partial charge on any atom is -0.497 e. The lowest BCUT2D eigenvalue weighted by molar-refractivity contribution is 0.0732. The number of methoxy groups -OCH3 is 3. The van der Waals surface area contributed by atoms with Gasteiger partial charge in [0.05, 0.1) is 14.2 Å². The first-order chi connectivity index (χ1) is 12.7. The summed E-state index contributed by atoms with van der Waals surface area (Å²) in [5.74, 6) is 2.56. The van der Waals surface area contributed by atoms with E-state index >= 15 is 0 Å². The summed E-state index contributed by atoms with van der Waals surface area (Å²) < 4.78 is 16.0. The summed E-state index contributed by atoms with van der Waals surface area (Å²) in [6, 6.07) is 5.87. The van der Waals surface area contributed by atoms with Crippen molar-refractivity contribution in [2.75, 3.05) is 48.1 Å². The van der Waals surface area contributed by atoms with Gasteiger partial charge in [-0.2, -0.15) is 0 Å². The summed E-state index contributed by atoms with van der Waals surface area (Å²) in [4.78, 5) is 4.34. The van der Waals surface area contributed by atoms with E-state index < -0.39 is 0 Å². The van der Waals surface area contributed by atoms with Crippen molar-refractivity contribution in [2.45, 2.75) is 32.1 Å². The van der Waals surface area contributed by atoms with Gasteiger partial charge >= 0.3 is 0 Å². The van der Waals surface area contributed by atoms with E-state index in [1.165, 1.54) is 19.3 Å². The van der Waals surface area contributed by atoms with Crippen LogP contribution in [0.3, 0.4) is 0 Å². The first-order valence-corrected chi connectivity index (χ1v) is 9.31. The van der Waals surface area contributed by atoms with Gasteiger partial charge in [0.2, 0.25) is 0 Å². The first kappa shape index (κ1) is 23.8. The molecule has 1 aromatic carbocycles. The molecule has 1 aliphatic carbocycles. The molecule has 0 amide bonds. The van der Waals surface area contributed by atoms with Crippen LogP contribution >= 0.6 is 24.0 Å². The van der Waals surface area contributed by atoms with Gasteiger partial charge in [0.15, 0.2) is 5.96 Å². The van der Waals surface area contributed by atoms with Crippen LogP contribution in [0.2, 0.25) is 0 Å².